The van der Waals surface area contributed by atoms with Gasteiger partial charge < -0.3 is 24.4 Å². The fourth-order valence-electron chi connectivity index (χ4n) is 2.97. The minimum atomic E-state index is -0.396. The predicted octanol–water partition coefficient (Wildman–Crippen LogP) is 1.55. The molecule has 0 radical (unpaired) electrons. The third-order valence-electron chi connectivity index (χ3n) is 4.01. The van der Waals surface area contributed by atoms with Crippen molar-refractivity contribution in [1.82, 2.24) is 10.2 Å². The van der Waals surface area contributed by atoms with Crippen molar-refractivity contribution in [2.24, 2.45) is 0 Å². The summed E-state index contributed by atoms with van der Waals surface area (Å²) < 4.78 is 16.2. The summed E-state index contributed by atoms with van der Waals surface area (Å²) in [5, 5.41) is 12.1. The molecule has 0 saturated carbocycles. The summed E-state index contributed by atoms with van der Waals surface area (Å²) in [5.74, 6) is 0.967. The van der Waals surface area contributed by atoms with Gasteiger partial charge >= 0.3 is 0 Å². The maximum absolute atomic E-state index is 12.3. The van der Waals surface area contributed by atoms with E-state index in [0.717, 1.165) is 5.56 Å². The van der Waals surface area contributed by atoms with Crippen molar-refractivity contribution in [2.75, 3.05) is 19.9 Å². The molecule has 2 unspecified atom stereocenters. The summed E-state index contributed by atoms with van der Waals surface area (Å²) in [6.45, 7) is 5.79. The zero-order valence-electron chi connectivity index (χ0n) is 14.3. The van der Waals surface area contributed by atoms with Gasteiger partial charge in [-0.2, -0.15) is 5.26 Å². The molecule has 0 aliphatic carbocycles. The van der Waals surface area contributed by atoms with E-state index in [1.807, 2.05) is 36.9 Å². The van der Waals surface area contributed by atoms with Gasteiger partial charge in [0.2, 0.25) is 6.79 Å². The number of hydrogen-bond donors (Lipinski definition) is 1. The molecule has 1 saturated heterocycles. The second kappa shape index (κ2) is 7.45. The first-order valence-corrected chi connectivity index (χ1v) is 8.23. The monoisotopic (exact) mass is 343 g/mol. The molecule has 1 aromatic carbocycles. The van der Waals surface area contributed by atoms with Gasteiger partial charge in [-0.15, -0.1) is 0 Å². The maximum Gasteiger partial charge on any atom is 0.263 e. The fourth-order valence-corrected chi connectivity index (χ4v) is 2.97. The average molecular weight is 343 g/mol. The van der Waals surface area contributed by atoms with Gasteiger partial charge in [0.1, 0.15) is 11.6 Å². The Morgan fingerprint density at radius 1 is 1.32 bits per heavy atom. The van der Waals surface area contributed by atoms with Crippen LogP contribution in [-0.2, 0) is 16.1 Å². The molecule has 2 atom stereocenters. The zero-order chi connectivity index (χ0) is 17.8. The third-order valence-corrected chi connectivity index (χ3v) is 4.01. The molecule has 2 heterocycles. The molecular formula is C18H21N3O4. The summed E-state index contributed by atoms with van der Waals surface area (Å²) >= 11 is 0. The molecule has 25 heavy (non-hydrogen) atoms. The molecule has 132 valence electrons. The smallest absolute Gasteiger partial charge is 0.263 e. The maximum atomic E-state index is 12.3. The van der Waals surface area contributed by atoms with Crippen molar-refractivity contribution in [3.63, 3.8) is 0 Å². The van der Waals surface area contributed by atoms with Crippen molar-refractivity contribution in [2.45, 2.75) is 32.6 Å². The first kappa shape index (κ1) is 17.1. The largest absolute Gasteiger partial charge is 0.454 e. The summed E-state index contributed by atoms with van der Waals surface area (Å²) in [5.41, 5.74) is 0.963. The van der Waals surface area contributed by atoms with Crippen LogP contribution in [0.3, 0.4) is 0 Å². The van der Waals surface area contributed by atoms with Gasteiger partial charge in [0.05, 0.1) is 12.2 Å². The molecule has 1 N–H and O–H groups in total. The Bertz CT molecular complexity index is 716. The first-order valence-electron chi connectivity index (χ1n) is 8.23. The van der Waals surface area contributed by atoms with E-state index < -0.39 is 5.91 Å². The normalized spacial score (nSPS) is 22.4. The number of ether oxygens (including phenoxy) is 3. The van der Waals surface area contributed by atoms with Gasteiger partial charge in [0.25, 0.3) is 5.91 Å². The van der Waals surface area contributed by atoms with Crippen molar-refractivity contribution >= 4 is 5.91 Å². The van der Waals surface area contributed by atoms with Crippen LogP contribution in [0, 0.1) is 11.3 Å². The highest BCUT2D eigenvalue weighted by atomic mass is 16.7. The van der Waals surface area contributed by atoms with Crippen molar-refractivity contribution in [1.29, 1.82) is 5.26 Å². The van der Waals surface area contributed by atoms with Gasteiger partial charge in [-0.3, -0.25) is 4.79 Å². The number of fused-ring (bicyclic) bond motifs is 1. The lowest BCUT2D eigenvalue weighted by atomic mass is 10.2. The summed E-state index contributed by atoms with van der Waals surface area (Å²) in [6.07, 6.45) is 1.75. The van der Waals surface area contributed by atoms with E-state index in [0.29, 0.717) is 31.1 Å². The van der Waals surface area contributed by atoms with Gasteiger partial charge in [0.15, 0.2) is 11.5 Å². The number of amides is 1. The van der Waals surface area contributed by atoms with E-state index >= 15 is 0 Å². The number of nitrogens with zero attached hydrogens (tertiary/aromatic N) is 2. The summed E-state index contributed by atoms with van der Waals surface area (Å²) in [6, 6.07) is 7.46. The fraction of sp³-hybridized carbons (Fsp3) is 0.444. The molecule has 0 bridgehead atoms. The SMILES string of the molecule is CC1CN(/C=C(/C#N)C(=O)NCc2ccc3c(c2)OCO3)CC(C)O1. The number of rotatable bonds is 4. The average Bonchev–Trinajstić information content (AvgIpc) is 3.04. The lowest BCUT2D eigenvalue weighted by Gasteiger charge is -2.34. The minimum Gasteiger partial charge on any atom is -0.454 e. The third kappa shape index (κ3) is 4.22. The number of hydrogen-bond acceptors (Lipinski definition) is 6. The minimum absolute atomic E-state index is 0.0663. The van der Waals surface area contributed by atoms with Crippen LogP contribution in [0.4, 0.5) is 0 Å². The molecule has 0 aromatic heterocycles. The van der Waals surface area contributed by atoms with Gasteiger partial charge in [-0.1, -0.05) is 6.07 Å². The van der Waals surface area contributed by atoms with Gasteiger partial charge in [-0.25, -0.2) is 0 Å². The Morgan fingerprint density at radius 2 is 2.04 bits per heavy atom. The zero-order valence-corrected chi connectivity index (χ0v) is 14.3. The lowest BCUT2D eigenvalue weighted by Crippen LogP contribution is -2.43. The Morgan fingerprint density at radius 3 is 2.76 bits per heavy atom. The number of nitriles is 1. The van der Waals surface area contributed by atoms with E-state index in [2.05, 4.69) is 5.32 Å². The van der Waals surface area contributed by atoms with Crippen LogP contribution in [0.1, 0.15) is 19.4 Å². The number of carbonyl (C=O) groups excluding carboxylic acids is 1. The van der Waals surface area contributed by atoms with E-state index in [4.69, 9.17) is 14.2 Å². The van der Waals surface area contributed by atoms with Crippen molar-refractivity contribution < 1.29 is 19.0 Å². The van der Waals surface area contributed by atoms with E-state index in [1.165, 1.54) is 0 Å². The van der Waals surface area contributed by atoms with E-state index in [-0.39, 0.29) is 24.6 Å². The Kier molecular flexibility index (Phi) is 5.10. The highest BCUT2D eigenvalue weighted by molar-refractivity contribution is 5.97. The second-order valence-corrected chi connectivity index (χ2v) is 6.24. The van der Waals surface area contributed by atoms with Crippen LogP contribution in [0.2, 0.25) is 0 Å². The van der Waals surface area contributed by atoms with Gasteiger partial charge in [0, 0.05) is 25.8 Å². The highest BCUT2D eigenvalue weighted by Crippen LogP contribution is 2.32. The molecule has 7 heteroatoms. The molecule has 0 spiro atoms. The predicted molar refractivity (Wildman–Crippen MR) is 89.7 cm³/mol. The van der Waals surface area contributed by atoms with Crippen LogP contribution in [-0.4, -0.2) is 42.9 Å². The quantitative estimate of drug-likeness (QED) is 0.660. The number of carbonyl (C=O) groups is 1. The second-order valence-electron chi connectivity index (χ2n) is 6.24. The van der Waals surface area contributed by atoms with Crippen LogP contribution in [0.25, 0.3) is 0 Å². The van der Waals surface area contributed by atoms with E-state index in [9.17, 15) is 10.1 Å². The van der Waals surface area contributed by atoms with Crippen molar-refractivity contribution in [3.05, 3.63) is 35.5 Å². The molecule has 1 aromatic rings. The van der Waals surface area contributed by atoms with Crippen LogP contribution in [0.15, 0.2) is 30.0 Å². The first-order chi connectivity index (χ1) is 12.0. The van der Waals surface area contributed by atoms with Crippen LogP contribution in [0.5, 0.6) is 11.5 Å². The van der Waals surface area contributed by atoms with Crippen LogP contribution >= 0.6 is 0 Å². The number of benzene rings is 1. The number of nitrogens with one attached hydrogen (secondary N) is 1. The Labute approximate surface area is 146 Å². The highest BCUT2D eigenvalue weighted by Gasteiger charge is 2.21. The van der Waals surface area contributed by atoms with E-state index in [1.54, 1.807) is 12.3 Å². The number of morpholine rings is 1. The standard InChI is InChI=1S/C18H21N3O4/c1-12-8-21(9-13(2)25-12)10-15(6-19)18(22)20-7-14-3-4-16-17(5-14)24-11-23-16/h3-5,10,12-13H,7-9,11H2,1-2H3,(H,20,22)/b15-10-. The van der Waals surface area contributed by atoms with Crippen LogP contribution < -0.4 is 14.8 Å². The molecule has 3 rings (SSSR count). The molecule has 2 aliphatic rings. The lowest BCUT2D eigenvalue weighted by molar-refractivity contribution is -0.117. The van der Waals surface area contributed by atoms with Crippen molar-refractivity contribution in [3.8, 4) is 17.6 Å². The molecule has 2 aliphatic heterocycles. The topological polar surface area (TPSA) is 83.8 Å². The summed E-state index contributed by atoms with van der Waals surface area (Å²) in [7, 11) is 0. The van der Waals surface area contributed by atoms with Gasteiger partial charge in [-0.05, 0) is 31.5 Å². The summed E-state index contributed by atoms with van der Waals surface area (Å²) in [4.78, 5) is 14.3. The molecular weight excluding hydrogens is 322 g/mol. The Balaban J connectivity index is 1.61. The Hall–Kier alpha value is -2.72. The molecule has 7 nitrogen and oxygen atoms in total. The molecule has 1 amide bonds. The molecule has 1 fully saturated rings.